The zero-order chi connectivity index (χ0) is 16.9. The van der Waals surface area contributed by atoms with E-state index in [0.717, 1.165) is 25.7 Å². The molecule has 3 rings (SSSR count). The molecule has 2 aliphatic rings. The molecular weight excluding hydrogens is 326 g/mol. The molecule has 2 atom stereocenters. The van der Waals surface area contributed by atoms with Crippen molar-refractivity contribution in [2.24, 2.45) is 5.92 Å². The summed E-state index contributed by atoms with van der Waals surface area (Å²) in [5.41, 5.74) is 1.28. The molecule has 2 unspecified atom stereocenters. The quantitative estimate of drug-likeness (QED) is 0.874. The van der Waals surface area contributed by atoms with Gasteiger partial charge in [0.15, 0.2) is 0 Å². The van der Waals surface area contributed by atoms with Gasteiger partial charge in [0.25, 0.3) is 5.91 Å². The first-order chi connectivity index (χ1) is 11.6. The minimum Gasteiger partial charge on any atom is -0.480 e. The normalized spacial score (nSPS) is 22.8. The monoisotopic (exact) mass is 351 g/mol. The lowest BCUT2D eigenvalue weighted by atomic mass is 9.93. The number of carboxylic acids is 1. The highest BCUT2D eigenvalue weighted by Crippen LogP contribution is 2.29. The number of rotatable bonds is 4. The van der Waals surface area contributed by atoms with E-state index in [4.69, 9.17) is 4.74 Å². The molecule has 1 aliphatic carbocycles. The predicted octanol–water partition coefficient (Wildman–Crippen LogP) is 3.02. The Morgan fingerprint density at radius 2 is 2.00 bits per heavy atom. The molecule has 0 bridgehead atoms. The number of carboxylic acid groups (broad SMARTS) is 1. The van der Waals surface area contributed by atoms with E-state index in [1.807, 2.05) is 6.07 Å². The Morgan fingerprint density at radius 1 is 1.21 bits per heavy atom. The number of nitrogens with one attached hydrogen (secondary N) is 1. The molecular formula is C18H25NO4S. The molecule has 1 saturated heterocycles. The summed E-state index contributed by atoms with van der Waals surface area (Å²) in [6, 6.07) is 1.10. The number of thiophene rings is 1. The van der Waals surface area contributed by atoms with Crippen LogP contribution < -0.4 is 5.32 Å². The lowest BCUT2D eigenvalue weighted by Crippen LogP contribution is -2.48. The molecule has 2 heterocycles. The van der Waals surface area contributed by atoms with Crippen LogP contribution in [-0.2, 0) is 22.4 Å². The van der Waals surface area contributed by atoms with Crippen molar-refractivity contribution in [2.45, 2.75) is 57.4 Å². The van der Waals surface area contributed by atoms with Gasteiger partial charge in [-0.2, -0.15) is 0 Å². The van der Waals surface area contributed by atoms with Crippen molar-refractivity contribution in [2.75, 3.05) is 13.2 Å². The van der Waals surface area contributed by atoms with Crippen LogP contribution in [0.3, 0.4) is 0 Å². The van der Waals surface area contributed by atoms with Crippen LogP contribution in [0.5, 0.6) is 0 Å². The second-order valence-corrected chi connectivity index (χ2v) is 7.88. The minimum atomic E-state index is -0.978. The van der Waals surface area contributed by atoms with Crippen LogP contribution in [0.15, 0.2) is 6.07 Å². The number of aryl methyl sites for hydroxylation is 2. The number of ether oxygens (including phenoxy) is 1. The Balaban J connectivity index is 1.70. The molecule has 1 amide bonds. The van der Waals surface area contributed by atoms with Crippen LogP contribution in [0.25, 0.3) is 0 Å². The van der Waals surface area contributed by atoms with Gasteiger partial charge in [0.1, 0.15) is 6.04 Å². The van der Waals surface area contributed by atoms with Crippen molar-refractivity contribution in [3.05, 3.63) is 21.4 Å². The molecule has 1 aliphatic heterocycles. The Bertz CT molecular complexity index is 566. The van der Waals surface area contributed by atoms with Gasteiger partial charge < -0.3 is 15.2 Å². The van der Waals surface area contributed by atoms with E-state index < -0.39 is 12.0 Å². The van der Waals surface area contributed by atoms with E-state index in [-0.39, 0.29) is 11.8 Å². The number of aliphatic carboxylic acids is 1. The second-order valence-electron chi connectivity index (χ2n) is 6.74. The van der Waals surface area contributed by atoms with Crippen LogP contribution in [0.4, 0.5) is 0 Å². The van der Waals surface area contributed by atoms with Crippen molar-refractivity contribution in [3.8, 4) is 0 Å². The van der Waals surface area contributed by atoms with E-state index in [0.29, 0.717) is 18.1 Å². The zero-order valence-corrected chi connectivity index (χ0v) is 14.7. The molecule has 1 aromatic rings. The Morgan fingerprint density at radius 3 is 2.71 bits per heavy atom. The fourth-order valence-electron chi connectivity index (χ4n) is 3.58. The summed E-state index contributed by atoms with van der Waals surface area (Å²) in [5, 5.41) is 12.2. The standard InChI is InChI=1S/C18H25NO4S/c20-17(19-16(18(21)22)13-7-5-9-23-11-13)15-10-12-6-3-1-2-4-8-14(12)24-15/h10,13,16H,1-9,11H2,(H,19,20)(H,21,22). The first-order valence-corrected chi connectivity index (χ1v) is 9.70. The van der Waals surface area contributed by atoms with Gasteiger partial charge in [-0.1, -0.05) is 12.8 Å². The third kappa shape index (κ3) is 4.16. The van der Waals surface area contributed by atoms with Crippen molar-refractivity contribution in [1.82, 2.24) is 5.32 Å². The maximum absolute atomic E-state index is 12.6. The molecule has 0 spiro atoms. The Labute approximate surface area is 146 Å². The van der Waals surface area contributed by atoms with Gasteiger partial charge in [0.2, 0.25) is 0 Å². The lowest BCUT2D eigenvalue weighted by Gasteiger charge is -2.27. The third-order valence-electron chi connectivity index (χ3n) is 4.94. The second kappa shape index (κ2) is 8.12. The fraction of sp³-hybridized carbons (Fsp3) is 0.667. The van der Waals surface area contributed by atoms with Gasteiger partial charge >= 0.3 is 5.97 Å². The molecule has 2 N–H and O–H groups in total. The summed E-state index contributed by atoms with van der Waals surface area (Å²) in [6.07, 6.45) is 8.52. The average Bonchev–Trinajstić information content (AvgIpc) is 2.95. The van der Waals surface area contributed by atoms with Crippen molar-refractivity contribution < 1.29 is 19.4 Å². The number of amides is 1. The highest BCUT2D eigenvalue weighted by molar-refractivity contribution is 7.14. The van der Waals surface area contributed by atoms with Gasteiger partial charge in [0, 0.05) is 17.4 Å². The summed E-state index contributed by atoms with van der Waals surface area (Å²) in [7, 11) is 0. The van der Waals surface area contributed by atoms with Crippen LogP contribution in [0, 0.1) is 5.92 Å². The molecule has 0 aromatic carbocycles. The molecule has 0 radical (unpaired) electrons. The highest BCUT2D eigenvalue weighted by atomic mass is 32.1. The number of hydrogen-bond donors (Lipinski definition) is 2. The summed E-state index contributed by atoms with van der Waals surface area (Å²) in [4.78, 5) is 26.1. The summed E-state index contributed by atoms with van der Waals surface area (Å²) in [5.74, 6) is -1.39. The van der Waals surface area contributed by atoms with E-state index in [2.05, 4.69) is 5.32 Å². The number of fused-ring (bicyclic) bond motifs is 1. The minimum absolute atomic E-state index is 0.152. The van der Waals surface area contributed by atoms with E-state index in [1.165, 1.54) is 47.5 Å². The van der Waals surface area contributed by atoms with Gasteiger partial charge in [-0.25, -0.2) is 4.79 Å². The van der Waals surface area contributed by atoms with E-state index in [1.54, 1.807) is 0 Å². The average molecular weight is 351 g/mol. The molecule has 132 valence electrons. The fourth-order valence-corrected chi connectivity index (χ4v) is 4.73. The summed E-state index contributed by atoms with van der Waals surface area (Å²) >= 11 is 1.53. The number of carbonyl (C=O) groups excluding carboxylic acids is 1. The van der Waals surface area contributed by atoms with Crippen LogP contribution in [-0.4, -0.2) is 36.2 Å². The Hall–Kier alpha value is -1.40. The molecule has 6 heteroatoms. The van der Waals surface area contributed by atoms with Crippen LogP contribution >= 0.6 is 11.3 Å². The van der Waals surface area contributed by atoms with Crippen molar-refractivity contribution >= 4 is 23.2 Å². The first-order valence-electron chi connectivity index (χ1n) is 8.88. The molecule has 0 saturated carbocycles. The lowest BCUT2D eigenvalue weighted by molar-refractivity contribution is -0.142. The molecule has 1 fully saturated rings. The predicted molar refractivity (Wildman–Crippen MR) is 92.6 cm³/mol. The zero-order valence-electron chi connectivity index (χ0n) is 13.9. The SMILES string of the molecule is O=C(NC(C(=O)O)C1CCCOC1)c1cc2c(s1)CCCCCC2. The smallest absolute Gasteiger partial charge is 0.326 e. The van der Waals surface area contributed by atoms with Gasteiger partial charge in [-0.15, -0.1) is 11.3 Å². The van der Waals surface area contributed by atoms with Gasteiger partial charge in [-0.05, 0) is 50.2 Å². The topological polar surface area (TPSA) is 75.6 Å². The summed E-state index contributed by atoms with van der Waals surface area (Å²) < 4.78 is 5.38. The summed E-state index contributed by atoms with van der Waals surface area (Å²) in [6.45, 7) is 1.08. The van der Waals surface area contributed by atoms with Gasteiger partial charge in [-0.3, -0.25) is 4.79 Å². The van der Waals surface area contributed by atoms with Crippen LogP contribution in [0.2, 0.25) is 0 Å². The maximum atomic E-state index is 12.6. The molecule has 1 aromatic heterocycles. The van der Waals surface area contributed by atoms with Crippen molar-refractivity contribution in [3.63, 3.8) is 0 Å². The van der Waals surface area contributed by atoms with E-state index >= 15 is 0 Å². The number of hydrogen-bond acceptors (Lipinski definition) is 4. The first kappa shape index (κ1) is 17.4. The molecule has 5 nitrogen and oxygen atoms in total. The highest BCUT2D eigenvalue weighted by Gasteiger charge is 2.32. The van der Waals surface area contributed by atoms with E-state index in [9.17, 15) is 14.7 Å². The Kier molecular flexibility index (Phi) is 5.89. The number of carbonyl (C=O) groups is 2. The maximum Gasteiger partial charge on any atom is 0.326 e. The molecule has 24 heavy (non-hydrogen) atoms. The van der Waals surface area contributed by atoms with Gasteiger partial charge in [0.05, 0.1) is 11.5 Å². The van der Waals surface area contributed by atoms with Crippen LogP contribution in [0.1, 0.15) is 58.6 Å². The largest absolute Gasteiger partial charge is 0.480 e. The third-order valence-corrected chi connectivity index (χ3v) is 6.18. The van der Waals surface area contributed by atoms with Crippen molar-refractivity contribution in [1.29, 1.82) is 0 Å².